The number of halogens is 1. The predicted octanol–water partition coefficient (Wildman–Crippen LogP) is 3.23. The number of likely N-dealkylation sites (tertiary alicyclic amines) is 2. The first-order valence-corrected chi connectivity index (χ1v) is 10.6. The number of hydrogen-bond acceptors (Lipinski definition) is 4. The predicted molar refractivity (Wildman–Crippen MR) is 113 cm³/mol. The van der Waals surface area contributed by atoms with E-state index in [2.05, 4.69) is 15.0 Å². The van der Waals surface area contributed by atoms with E-state index in [9.17, 15) is 9.59 Å². The van der Waals surface area contributed by atoms with E-state index in [4.69, 9.17) is 11.6 Å². The van der Waals surface area contributed by atoms with Gasteiger partial charge in [-0.3, -0.25) is 14.6 Å². The molecule has 154 valence electrons. The number of rotatable bonds is 3. The Bertz CT molecular complexity index is 1080. The maximum Gasteiger partial charge on any atom is 0.254 e. The number of nitrogens with one attached hydrogen (secondary N) is 1. The van der Waals surface area contributed by atoms with E-state index < -0.39 is 6.04 Å². The molecule has 0 spiro atoms. The molecule has 0 aliphatic carbocycles. The normalized spacial score (nSPS) is 21.5. The molecular formula is C22H22ClN5O2. The third-order valence-electron chi connectivity index (χ3n) is 6.06. The number of carbonyl (C=O) groups excluding carboxylic acids is 2. The van der Waals surface area contributed by atoms with Crippen molar-refractivity contribution in [3.05, 3.63) is 59.1 Å². The van der Waals surface area contributed by atoms with Crippen LogP contribution >= 0.6 is 11.6 Å². The zero-order chi connectivity index (χ0) is 20.7. The number of benzene rings is 1. The number of hydrogen-bond donors (Lipinski definition) is 1. The molecule has 7 nitrogen and oxygen atoms in total. The Labute approximate surface area is 179 Å². The Morgan fingerprint density at radius 2 is 2.07 bits per heavy atom. The largest absolute Gasteiger partial charge is 0.340 e. The smallest absolute Gasteiger partial charge is 0.254 e. The molecule has 1 aromatic carbocycles. The Hall–Kier alpha value is -2.93. The van der Waals surface area contributed by atoms with Gasteiger partial charge in [0.15, 0.2) is 0 Å². The summed E-state index contributed by atoms with van der Waals surface area (Å²) in [4.78, 5) is 42.0. The first-order chi connectivity index (χ1) is 14.6. The highest BCUT2D eigenvalue weighted by Crippen LogP contribution is 2.30. The first-order valence-electron chi connectivity index (χ1n) is 10.2. The minimum absolute atomic E-state index is 0.0307. The van der Waals surface area contributed by atoms with Gasteiger partial charge in [-0.15, -0.1) is 0 Å². The average molecular weight is 424 g/mol. The number of nitrogens with zero attached hydrogens (tertiary/aromatic N) is 4. The SMILES string of the molecule is O=C(C1CCCN1C(=O)c1cccc(Cl)c1)N1CCC(c2nc3ccncc3[nH]2)C1. The van der Waals surface area contributed by atoms with E-state index in [-0.39, 0.29) is 17.7 Å². The second-order valence-corrected chi connectivity index (χ2v) is 8.39. The van der Waals surface area contributed by atoms with Crippen molar-refractivity contribution in [3.63, 3.8) is 0 Å². The van der Waals surface area contributed by atoms with Gasteiger partial charge in [0.25, 0.3) is 5.91 Å². The molecule has 2 atom stereocenters. The van der Waals surface area contributed by atoms with Crippen molar-refractivity contribution in [3.8, 4) is 0 Å². The lowest BCUT2D eigenvalue weighted by molar-refractivity contribution is -0.134. The van der Waals surface area contributed by atoms with Crippen LogP contribution in [-0.4, -0.2) is 62.2 Å². The Kier molecular flexibility index (Phi) is 4.90. The second kappa shape index (κ2) is 7.72. The average Bonchev–Trinajstić information content (AvgIpc) is 3.51. The Morgan fingerprint density at radius 3 is 2.90 bits per heavy atom. The summed E-state index contributed by atoms with van der Waals surface area (Å²) in [5.41, 5.74) is 2.32. The van der Waals surface area contributed by atoms with Crippen LogP contribution in [-0.2, 0) is 4.79 Å². The zero-order valence-corrected chi connectivity index (χ0v) is 17.2. The Morgan fingerprint density at radius 1 is 1.17 bits per heavy atom. The van der Waals surface area contributed by atoms with Crippen LogP contribution in [0.15, 0.2) is 42.7 Å². The molecule has 8 heteroatoms. The molecule has 2 amide bonds. The van der Waals surface area contributed by atoms with Gasteiger partial charge in [0.05, 0.1) is 17.2 Å². The van der Waals surface area contributed by atoms with Gasteiger partial charge in [-0.2, -0.15) is 0 Å². The highest BCUT2D eigenvalue weighted by Gasteiger charge is 2.39. The maximum absolute atomic E-state index is 13.3. The van der Waals surface area contributed by atoms with E-state index in [1.165, 1.54) is 0 Å². The highest BCUT2D eigenvalue weighted by molar-refractivity contribution is 6.31. The fourth-order valence-electron chi connectivity index (χ4n) is 4.52. The number of carbonyl (C=O) groups is 2. The van der Waals surface area contributed by atoms with Crippen molar-refractivity contribution in [1.29, 1.82) is 0 Å². The van der Waals surface area contributed by atoms with Crippen LogP contribution in [0, 0.1) is 0 Å². The van der Waals surface area contributed by atoms with Gasteiger partial charge in [-0.1, -0.05) is 17.7 Å². The van der Waals surface area contributed by atoms with Crippen molar-refractivity contribution in [2.24, 2.45) is 0 Å². The summed E-state index contributed by atoms with van der Waals surface area (Å²) in [5, 5.41) is 0.520. The minimum atomic E-state index is -0.407. The summed E-state index contributed by atoms with van der Waals surface area (Å²) in [6.07, 6.45) is 5.87. The fourth-order valence-corrected chi connectivity index (χ4v) is 4.71. The van der Waals surface area contributed by atoms with Crippen molar-refractivity contribution in [2.75, 3.05) is 19.6 Å². The lowest BCUT2D eigenvalue weighted by atomic mass is 10.1. The number of H-pyrrole nitrogens is 1. The Balaban J connectivity index is 1.30. The number of aromatic amines is 1. The van der Waals surface area contributed by atoms with E-state index >= 15 is 0 Å². The van der Waals surface area contributed by atoms with Gasteiger partial charge in [0.2, 0.25) is 5.91 Å². The van der Waals surface area contributed by atoms with Crippen LogP contribution in [0.3, 0.4) is 0 Å². The molecule has 0 radical (unpaired) electrons. The van der Waals surface area contributed by atoms with E-state index in [1.807, 2.05) is 11.0 Å². The van der Waals surface area contributed by atoms with Gasteiger partial charge >= 0.3 is 0 Å². The molecule has 4 heterocycles. The van der Waals surface area contributed by atoms with Crippen molar-refractivity contribution < 1.29 is 9.59 Å². The van der Waals surface area contributed by atoms with Gasteiger partial charge in [-0.25, -0.2) is 4.98 Å². The molecule has 2 aliphatic rings. The first kappa shape index (κ1) is 19.1. The number of aromatic nitrogens is 3. The number of fused-ring (bicyclic) bond motifs is 1. The van der Waals surface area contributed by atoms with E-state index in [0.29, 0.717) is 36.6 Å². The maximum atomic E-state index is 13.3. The molecule has 3 aromatic rings. The van der Waals surface area contributed by atoms with Crippen LogP contribution in [0.25, 0.3) is 11.0 Å². The van der Waals surface area contributed by atoms with Crippen LogP contribution in [0.1, 0.15) is 41.4 Å². The molecule has 0 bridgehead atoms. The molecule has 2 aliphatic heterocycles. The molecule has 1 N–H and O–H groups in total. The molecule has 2 unspecified atom stereocenters. The van der Waals surface area contributed by atoms with Crippen molar-refractivity contribution in [1.82, 2.24) is 24.8 Å². The fraction of sp³-hybridized carbons (Fsp3) is 0.364. The van der Waals surface area contributed by atoms with Crippen molar-refractivity contribution in [2.45, 2.75) is 31.2 Å². The van der Waals surface area contributed by atoms with Gasteiger partial charge in [0.1, 0.15) is 11.9 Å². The number of amides is 2. The summed E-state index contributed by atoms with van der Waals surface area (Å²) >= 11 is 6.04. The highest BCUT2D eigenvalue weighted by atomic mass is 35.5. The van der Waals surface area contributed by atoms with Crippen LogP contribution in [0.4, 0.5) is 0 Å². The lowest BCUT2D eigenvalue weighted by Gasteiger charge is -2.28. The van der Waals surface area contributed by atoms with Crippen molar-refractivity contribution >= 4 is 34.4 Å². The van der Waals surface area contributed by atoms with E-state index in [0.717, 1.165) is 29.7 Å². The summed E-state index contributed by atoms with van der Waals surface area (Å²) in [7, 11) is 0. The second-order valence-electron chi connectivity index (χ2n) is 7.95. The summed E-state index contributed by atoms with van der Waals surface area (Å²) in [6.45, 7) is 1.88. The molecule has 2 saturated heterocycles. The van der Waals surface area contributed by atoms with Gasteiger partial charge in [-0.05, 0) is 43.5 Å². The van der Waals surface area contributed by atoms with Crippen LogP contribution in [0.2, 0.25) is 5.02 Å². The van der Waals surface area contributed by atoms with Crippen LogP contribution in [0.5, 0.6) is 0 Å². The number of imidazole rings is 1. The standard InChI is InChI=1S/C22H22ClN5O2/c23-16-4-1-3-14(11-16)21(29)28-9-2-5-19(28)22(30)27-10-7-15(13-27)20-25-17-6-8-24-12-18(17)26-20/h1,3-4,6,8,11-12,15,19H,2,5,7,9-10,13H2,(H,25,26). The molecule has 2 aromatic heterocycles. The lowest BCUT2D eigenvalue weighted by Crippen LogP contribution is -2.47. The third-order valence-corrected chi connectivity index (χ3v) is 6.29. The molecule has 5 rings (SSSR count). The molecule has 2 fully saturated rings. The summed E-state index contributed by atoms with van der Waals surface area (Å²) in [6, 6.07) is 8.38. The summed E-state index contributed by atoms with van der Waals surface area (Å²) < 4.78 is 0. The quantitative estimate of drug-likeness (QED) is 0.701. The minimum Gasteiger partial charge on any atom is -0.340 e. The van der Waals surface area contributed by atoms with Gasteiger partial charge in [0, 0.05) is 42.3 Å². The van der Waals surface area contributed by atoms with Crippen LogP contribution < -0.4 is 0 Å². The number of pyridine rings is 1. The molecular weight excluding hydrogens is 402 g/mol. The topological polar surface area (TPSA) is 82.2 Å². The zero-order valence-electron chi connectivity index (χ0n) is 16.4. The molecule has 0 saturated carbocycles. The molecule has 30 heavy (non-hydrogen) atoms. The summed E-state index contributed by atoms with van der Waals surface area (Å²) in [5.74, 6) is 0.962. The van der Waals surface area contributed by atoms with Gasteiger partial charge < -0.3 is 14.8 Å². The monoisotopic (exact) mass is 423 g/mol. The van der Waals surface area contributed by atoms with E-state index in [1.54, 1.807) is 41.6 Å². The third kappa shape index (κ3) is 3.43.